The zero-order valence-corrected chi connectivity index (χ0v) is 9.80. The number of rotatable bonds is 0. The zero-order chi connectivity index (χ0) is 10.0. The largest absolute Gasteiger partial charge is 1.00 e. The molecule has 7 heteroatoms. The van der Waals surface area contributed by atoms with Crippen LogP contribution in [-0.4, -0.2) is 33.9 Å². The average Bonchev–Trinajstić information content (AvgIpc) is 2.20. The van der Waals surface area contributed by atoms with Gasteiger partial charge in [-0.05, 0) is 0 Å². The normalized spacial score (nSPS) is 1.67. The van der Waals surface area contributed by atoms with Gasteiger partial charge in [0.2, 0.25) is 0 Å². The maximum atomic E-state index is 8.00. The Balaban J connectivity index is -0.00000000500. The van der Waals surface area contributed by atoms with E-state index in [0.717, 1.165) is 0 Å². The molecule has 0 aliphatic heterocycles. The number of carbonyl (C=O) groups is 5. The van der Waals surface area contributed by atoms with Crippen LogP contribution in [0.5, 0.6) is 0 Å². The quantitative estimate of drug-likeness (QED) is 0.434. The van der Waals surface area contributed by atoms with Crippen molar-refractivity contribution in [1.82, 2.24) is 0 Å². The van der Waals surface area contributed by atoms with E-state index in [1.807, 2.05) is 33.9 Å². The summed E-state index contributed by atoms with van der Waals surface area (Å²) < 4.78 is 0. The number of carbonyl (C=O) groups excluding carboxylic acids is 5. The van der Waals surface area contributed by atoms with Crippen LogP contribution in [0.2, 0.25) is 0 Å². The molecule has 0 aliphatic carbocycles. The Morgan fingerprint density at radius 2 is 0.417 bits per heavy atom. The van der Waals surface area contributed by atoms with Crippen LogP contribution in [0.25, 0.3) is 0 Å². The van der Waals surface area contributed by atoms with Gasteiger partial charge < -0.3 is 36.4 Å². The van der Waals surface area contributed by atoms with Crippen LogP contribution < -0.4 is 12.4 Å². The van der Waals surface area contributed by atoms with Crippen molar-refractivity contribution in [1.29, 1.82) is 0 Å². The summed E-state index contributed by atoms with van der Waals surface area (Å²) in [6.45, 7) is 10.0. The van der Waals surface area contributed by atoms with E-state index in [0.29, 0.717) is 0 Å². The fourth-order valence-corrected chi connectivity index (χ4v) is 0. The van der Waals surface area contributed by atoms with Crippen LogP contribution in [0.15, 0.2) is 0 Å². The van der Waals surface area contributed by atoms with E-state index in [4.69, 9.17) is 24.0 Å². The first kappa shape index (κ1) is 64.8. The Hall–Kier alpha value is -0.698. The van der Waals surface area contributed by atoms with Crippen LogP contribution in [0.3, 0.4) is 0 Å². The second kappa shape index (κ2) is 1830. The Morgan fingerprint density at radius 1 is 0.417 bits per heavy atom. The first-order chi connectivity index (χ1) is 5.00. The van der Waals surface area contributed by atoms with Gasteiger partial charge in [0.05, 0.1) is 0 Å². The molecule has 1 radical (unpaired) electrons. The fraction of sp³-hybridized carbons (Fsp3) is 0. The van der Waals surface area contributed by atoms with Crippen molar-refractivity contribution < 1.29 is 56.8 Å². The third-order valence-electron chi connectivity index (χ3n) is 0. The summed E-state index contributed by atoms with van der Waals surface area (Å²) in [5, 5.41) is 0. The molecule has 5 nitrogen and oxygen atoms in total. The second-order valence-electron chi connectivity index (χ2n) is 0. The van der Waals surface area contributed by atoms with Crippen molar-refractivity contribution in [3.05, 3.63) is 0 Å². The minimum atomic E-state index is 0. The van der Waals surface area contributed by atoms with E-state index in [2.05, 4.69) is 0 Å². The van der Waals surface area contributed by atoms with Crippen LogP contribution in [0.1, 0.15) is 0 Å². The molecule has 0 saturated heterocycles. The van der Waals surface area contributed by atoms with E-state index in [-0.39, 0.29) is 32.8 Å². The molecule has 12 heavy (non-hydrogen) atoms. The van der Waals surface area contributed by atoms with E-state index in [1.54, 1.807) is 0 Å². The maximum absolute atomic E-state index is 8.00. The molecule has 0 atom stereocenters. The van der Waals surface area contributed by atoms with Crippen LogP contribution in [0.4, 0.5) is 0 Å². The van der Waals surface area contributed by atoms with Gasteiger partial charge in [-0.25, -0.2) is 0 Å². The maximum Gasteiger partial charge on any atom is 0.106 e. The first-order valence-electron chi connectivity index (χ1n) is 1.44. The van der Waals surface area contributed by atoms with Gasteiger partial charge in [0.1, 0.15) is 33.9 Å². The Bertz CT molecular complexity index is 31.4. The summed E-state index contributed by atoms with van der Waals surface area (Å²) in [7, 11) is 0. The predicted octanol–water partition coefficient (Wildman–Crippen LogP) is -3.92. The third-order valence-corrected chi connectivity index (χ3v) is 0. The molecular formula is C5H10ClO5Re-. The molecule has 0 saturated carbocycles. The van der Waals surface area contributed by atoms with Crippen molar-refractivity contribution in [2.75, 3.05) is 0 Å². The minimum Gasteiger partial charge on any atom is -1.00 e. The smallest absolute Gasteiger partial charge is 0.106 e. The van der Waals surface area contributed by atoms with E-state index in [1.165, 1.54) is 0 Å². The summed E-state index contributed by atoms with van der Waals surface area (Å²) >= 11 is 0. The molecule has 0 fully saturated rings. The Kier molecular flexibility index (Phi) is 9890. The molecule has 0 spiro atoms. The van der Waals surface area contributed by atoms with Gasteiger partial charge in [-0.15, -0.1) is 0 Å². The standard InChI is InChI=1S/5CH2O.ClH.Re/c5*1-2;;/h5*1H2;1H;/p-1. The van der Waals surface area contributed by atoms with Crippen molar-refractivity contribution in [3.8, 4) is 0 Å². The van der Waals surface area contributed by atoms with Crippen molar-refractivity contribution in [2.45, 2.75) is 0 Å². The van der Waals surface area contributed by atoms with E-state index >= 15 is 0 Å². The van der Waals surface area contributed by atoms with E-state index in [9.17, 15) is 0 Å². The van der Waals surface area contributed by atoms with Gasteiger partial charge in [0.15, 0.2) is 0 Å². The summed E-state index contributed by atoms with van der Waals surface area (Å²) in [6.07, 6.45) is 0. The fourth-order valence-electron chi connectivity index (χ4n) is 0. The SMILES string of the molecule is C=O.C=O.C=O.C=O.C=O.[Cl-].[Re]. The molecule has 0 heterocycles. The van der Waals surface area contributed by atoms with Gasteiger partial charge in [-0.3, -0.25) is 0 Å². The molecule has 0 aromatic heterocycles. The van der Waals surface area contributed by atoms with Gasteiger partial charge >= 0.3 is 0 Å². The molecule has 75 valence electrons. The van der Waals surface area contributed by atoms with Gasteiger partial charge in [0.25, 0.3) is 0 Å². The number of halogens is 1. The third kappa shape index (κ3) is 1320. The number of hydrogen-bond donors (Lipinski definition) is 0. The van der Waals surface area contributed by atoms with Gasteiger partial charge in [-0.1, -0.05) is 0 Å². The Labute approximate surface area is 91.0 Å². The molecule has 0 bridgehead atoms. The molecule has 0 amide bonds. The molecule has 0 aliphatic rings. The molecule has 0 N–H and O–H groups in total. The van der Waals surface area contributed by atoms with Crippen molar-refractivity contribution in [2.24, 2.45) is 0 Å². The predicted molar refractivity (Wildman–Crippen MR) is 35.6 cm³/mol. The average molecular weight is 372 g/mol. The molecule has 0 unspecified atom stereocenters. The molecular weight excluding hydrogens is 362 g/mol. The van der Waals surface area contributed by atoms with Crippen LogP contribution in [-0.2, 0) is 44.4 Å². The summed E-state index contributed by atoms with van der Waals surface area (Å²) in [6, 6.07) is 0. The van der Waals surface area contributed by atoms with Gasteiger partial charge in [-0.2, -0.15) is 0 Å². The van der Waals surface area contributed by atoms with Crippen LogP contribution >= 0.6 is 0 Å². The summed E-state index contributed by atoms with van der Waals surface area (Å²) in [4.78, 5) is 40.0. The summed E-state index contributed by atoms with van der Waals surface area (Å²) in [5.74, 6) is 0. The van der Waals surface area contributed by atoms with Gasteiger partial charge in [0, 0.05) is 20.4 Å². The van der Waals surface area contributed by atoms with E-state index < -0.39 is 0 Å². The monoisotopic (exact) mass is 372 g/mol. The topological polar surface area (TPSA) is 85.3 Å². The zero-order valence-electron chi connectivity index (χ0n) is 6.33. The van der Waals surface area contributed by atoms with Crippen LogP contribution in [0, 0.1) is 0 Å². The second-order valence-corrected chi connectivity index (χ2v) is 0. The number of hydrogen-bond acceptors (Lipinski definition) is 5. The molecule has 0 aromatic carbocycles. The van der Waals surface area contributed by atoms with Crippen molar-refractivity contribution >= 4 is 33.9 Å². The minimum absolute atomic E-state index is 0. The molecule has 0 aromatic rings. The Morgan fingerprint density at radius 3 is 0.417 bits per heavy atom. The summed E-state index contributed by atoms with van der Waals surface area (Å²) in [5.41, 5.74) is 0. The molecule has 0 rings (SSSR count). The van der Waals surface area contributed by atoms with Crippen molar-refractivity contribution in [3.63, 3.8) is 0 Å². The first-order valence-corrected chi connectivity index (χ1v) is 1.44.